The average molecular weight is 224 g/mol. The second kappa shape index (κ2) is 6.43. The van der Waals surface area contributed by atoms with Gasteiger partial charge in [-0.05, 0) is 19.1 Å². The van der Waals surface area contributed by atoms with Crippen molar-refractivity contribution in [3.05, 3.63) is 0 Å². The lowest BCUT2D eigenvalue weighted by Crippen LogP contribution is -2.05. The van der Waals surface area contributed by atoms with E-state index < -0.39 is 9.84 Å². The summed E-state index contributed by atoms with van der Waals surface area (Å²) >= 11 is 1.59. The molecule has 0 aromatic rings. The third kappa shape index (κ3) is 12.0. The molecule has 3 nitrogen and oxygen atoms in total. The van der Waals surface area contributed by atoms with Crippen LogP contribution in [0.3, 0.4) is 0 Å². The molecule has 0 aromatic heterocycles. The molecule has 0 radical (unpaired) electrons. The SMILES string of the molecule is CC(=O)CCCSCCS(C)(=O)=O. The van der Waals surface area contributed by atoms with E-state index >= 15 is 0 Å². The number of rotatable bonds is 7. The summed E-state index contributed by atoms with van der Waals surface area (Å²) in [4.78, 5) is 10.5. The Morgan fingerprint density at radius 2 is 1.92 bits per heavy atom. The smallest absolute Gasteiger partial charge is 0.148 e. The van der Waals surface area contributed by atoms with Crippen molar-refractivity contribution in [1.82, 2.24) is 0 Å². The van der Waals surface area contributed by atoms with Gasteiger partial charge in [0.2, 0.25) is 0 Å². The van der Waals surface area contributed by atoms with Crippen LogP contribution in [0.25, 0.3) is 0 Å². The van der Waals surface area contributed by atoms with Gasteiger partial charge in [0.05, 0.1) is 5.75 Å². The molecule has 0 saturated heterocycles. The quantitative estimate of drug-likeness (QED) is 0.608. The molecule has 0 rings (SSSR count). The summed E-state index contributed by atoms with van der Waals surface area (Å²) in [5.74, 6) is 1.94. The summed E-state index contributed by atoms with van der Waals surface area (Å²) in [6.45, 7) is 1.57. The van der Waals surface area contributed by atoms with E-state index in [0.29, 0.717) is 12.2 Å². The van der Waals surface area contributed by atoms with Crippen LogP contribution in [-0.4, -0.2) is 37.7 Å². The van der Waals surface area contributed by atoms with Crippen LogP contribution < -0.4 is 0 Å². The molecule has 78 valence electrons. The highest BCUT2D eigenvalue weighted by atomic mass is 32.2. The minimum Gasteiger partial charge on any atom is -0.300 e. The monoisotopic (exact) mass is 224 g/mol. The van der Waals surface area contributed by atoms with Crippen LogP contribution in [0.5, 0.6) is 0 Å². The van der Waals surface area contributed by atoms with Crippen LogP contribution in [0.1, 0.15) is 19.8 Å². The van der Waals surface area contributed by atoms with E-state index in [4.69, 9.17) is 0 Å². The highest BCUT2D eigenvalue weighted by Crippen LogP contribution is 2.05. The molecule has 0 aromatic carbocycles. The van der Waals surface area contributed by atoms with Gasteiger partial charge >= 0.3 is 0 Å². The minimum atomic E-state index is -2.82. The zero-order chi connectivity index (χ0) is 10.3. The van der Waals surface area contributed by atoms with Gasteiger partial charge in [-0.15, -0.1) is 0 Å². The number of ketones is 1. The van der Waals surface area contributed by atoms with E-state index in [1.54, 1.807) is 18.7 Å². The number of Topliss-reactive ketones (excluding diaryl/α,β-unsaturated/α-hetero) is 1. The van der Waals surface area contributed by atoms with Crippen LogP contribution in [0.4, 0.5) is 0 Å². The third-order valence-electron chi connectivity index (χ3n) is 1.42. The third-order valence-corrected chi connectivity index (χ3v) is 3.69. The Morgan fingerprint density at radius 1 is 1.31 bits per heavy atom. The highest BCUT2D eigenvalue weighted by Gasteiger charge is 2.01. The van der Waals surface area contributed by atoms with Gasteiger partial charge in [-0.2, -0.15) is 11.8 Å². The van der Waals surface area contributed by atoms with E-state index in [0.717, 1.165) is 12.2 Å². The number of hydrogen-bond donors (Lipinski definition) is 0. The predicted molar refractivity (Wildman–Crippen MR) is 57.0 cm³/mol. The van der Waals surface area contributed by atoms with Crippen molar-refractivity contribution < 1.29 is 13.2 Å². The number of sulfone groups is 1. The van der Waals surface area contributed by atoms with Gasteiger partial charge in [0, 0.05) is 18.4 Å². The fourth-order valence-corrected chi connectivity index (χ4v) is 2.97. The Hall–Kier alpha value is -0.0300. The average Bonchev–Trinajstić information content (AvgIpc) is 1.93. The van der Waals surface area contributed by atoms with Crippen LogP contribution >= 0.6 is 11.8 Å². The van der Waals surface area contributed by atoms with Crippen molar-refractivity contribution in [2.45, 2.75) is 19.8 Å². The Kier molecular flexibility index (Phi) is 6.41. The topological polar surface area (TPSA) is 51.2 Å². The van der Waals surface area contributed by atoms with Crippen molar-refractivity contribution in [2.24, 2.45) is 0 Å². The second-order valence-electron chi connectivity index (χ2n) is 3.05. The number of thioether (sulfide) groups is 1. The fourth-order valence-electron chi connectivity index (χ4n) is 0.736. The molecule has 5 heteroatoms. The molecular weight excluding hydrogens is 208 g/mol. The number of carbonyl (C=O) groups excluding carboxylic acids is 1. The van der Waals surface area contributed by atoms with E-state index in [1.165, 1.54) is 6.26 Å². The van der Waals surface area contributed by atoms with Gasteiger partial charge in [0.1, 0.15) is 15.6 Å². The first-order chi connectivity index (χ1) is 5.92. The lowest BCUT2D eigenvalue weighted by Gasteiger charge is -1.98. The van der Waals surface area contributed by atoms with Crippen LogP contribution in [0, 0.1) is 0 Å². The molecule has 0 fully saturated rings. The molecule has 13 heavy (non-hydrogen) atoms. The van der Waals surface area contributed by atoms with E-state index in [-0.39, 0.29) is 11.5 Å². The molecule has 0 amide bonds. The van der Waals surface area contributed by atoms with Gasteiger partial charge in [-0.3, -0.25) is 0 Å². The minimum absolute atomic E-state index is 0.198. The summed E-state index contributed by atoms with van der Waals surface area (Å²) < 4.78 is 21.4. The van der Waals surface area contributed by atoms with Crippen molar-refractivity contribution in [3.8, 4) is 0 Å². The molecule has 0 aliphatic carbocycles. The van der Waals surface area contributed by atoms with Gasteiger partial charge in [0.15, 0.2) is 0 Å². The Labute approximate surface area is 84.2 Å². The van der Waals surface area contributed by atoms with Crippen LogP contribution in [-0.2, 0) is 14.6 Å². The normalized spacial score (nSPS) is 11.5. The summed E-state index contributed by atoms with van der Waals surface area (Å²) in [6.07, 6.45) is 2.69. The highest BCUT2D eigenvalue weighted by molar-refractivity contribution is 8.00. The van der Waals surface area contributed by atoms with Crippen molar-refractivity contribution >= 4 is 27.4 Å². The van der Waals surface area contributed by atoms with Crippen LogP contribution in [0.2, 0.25) is 0 Å². The van der Waals surface area contributed by atoms with Crippen LogP contribution in [0.15, 0.2) is 0 Å². The first-order valence-corrected chi connectivity index (χ1v) is 7.38. The van der Waals surface area contributed by atoms with Gasteiger partial charge in [-0.1, -0.05) is 0 Å². The summed E-state index contributed by atoms with van der Waals surface area (Å²) in [5, 5.41) is 0. The summed E-state index contributed by atoms with van der Waals surface area (Å²) in [6, 6.07) is 0. The van der Waals surface area contributed by atoms with Crippen molar-refractivity contribution in [3.63, 3.8) is 0 Å². The Bertz CT molecular complexity index is 244. The first kappa shape index (κ1) is 13.0. The van der Waals surface area contributed by atoms with Crippen molar-refractivity contribution in [2.75, 3.05) is 23.5 Å². The summed E-state index contributed by atoms with van der Waals surface area (Å²) in [7, 11) is -2.82. The molecule has 0 N–H and O–H groups in total. The maximum atomic E-state index is 10.7. The molecule has 0 saturated carbocycles. The lowest BCUT2D eigenvalue weighted by molar-refractivity contribution is -0.117. The van der Waals surface area contributed by atoms with E-state index in [1.807, 2.05) is 0 Å². The lowest BCUT2D eigenvalue weighted by atomic mass is 10.3. The molecular formula is C8H16O3S2. The van der Waals surface area contributed by atoms with Gasteiger partial charge in [0.25, 0.3) is 0 Å². The maximum Gasteiger partial charge on any atom is 0.148 e. The van der Waals surface area contributed by atoms with E-state index in [9.17, 15) is 13.2 Å². The summed E-state index contributed by atoms with van der Waals surface area (Å²) in [5.41, 5.74) is 0. The second-order valence-corrected chi connectivity index (χ2v) is 6.53. The largest absolute Gasteiger partial charge is 0.300 e. The Balaban J connectivity index is 3.23. The molecule has 0 unspecified atom stereocenters. The Morgan fingerprint density at radius 3 is 2.38 bits per heavy atom. The number of hydrogen-bond acceptors (Lipinski definition) is 4. The molecule has 0 heterocycles. The van der Waals surface area contributed by atoms with Gasteiger partial charge in [-0.25, -0.2) is 8.42 Å². The maximum absolute atomic E-state index is 10.7. The zero-order valence-corrected chi connectivity index (χ0v) is 9.71. The van der Waals surface area contributed by atoms with E-state index in [2.05, 4.69) is 0 Å². The van der Waals surface area contributed by atoms with Crippen molar-refractivity contribution in [1.29, 1.82) is 0 Å². The molecule has 0 aliphatic rings. The standard InChI is InChI=1S/C8H16O3S2/c1-8(9)4-3-5-12-6-7-13(2,10)11/h3-7H2,1-2H3. The predicted octanol–water partition coefficient (Wildman–Crippen LogP) is 1.13. The molecule has 0 atom stereocenters. The van der Waals surface area contributed by atoms with Gasteiger partial charge < -0.3 is 4.79 Å². The zero-order valence-electron chi connectivity index (χ0n) is 8.08. The first-order valence-electron chi connectivity index (χ1n) is 4.17. The molecule has 0 spiro atoms. The fraction of sp³-hybridized carbons (Fsp3) is 0.875. The number of carbonyl (C=O) groups is 1. The molecule has 0 bridgehead atoms. The molecule has 0 aliphatic heterocycles.